The van der Waals surface area contributed by atoms with Gasteiger partial charge in [-0.2, -0.15) is 0 Å². The first kappa shape index (κ1) is 12.8. The highest BCUT2D eigenvalue weighted by atomic mass is 16.1. The molecule has 0 heterocycles. The lowest BCUT2D eigenvalue weighted by Gasteiger charge is -2.15. The van der Waals surface area contributed by atoms with Gasteiger partial charge in [0, 0.05) is 13.5 Å². The van der Waals surface area contributed by atoms with E-state index in [0.717, 1.165) is 0 Å². The minimum atomic E-state index is 0.111. The molecule has 0 unspecified atom stereocenters. The average molecular weight is 159 g/mol. The second-order valence-electron chi connectivity index (χ2n) is 3.41. The molecular weight excluding hydrogens is 142 g/mol. The molecule has 0 saturated heterocycles. The summed E-state index contributed by atoms with van der Waals surface area (Å²) in [5, 5.41) is 2.58. The Morgan fingerprint density at radius 1 is 1.36 bits per heavy atom. The maximum Gasteiger partial charge on any atom is 0.220 e. The summed E-state index contributed by atoms with van der Waals surface area (Å²) in [6, 6.07) is 0. The van der Waals surface area contributed by atoms with Crippen LogP contribution in [0.25, 0.3) is 0 Å². The molecular formula is C8H17NO2. The first-order valence-electron chi connectivity index (χ1n) is 3.45. The molecule has 0 fully saturated rings. The van der Waals surface area contributed by atoms with Crippen molar-refractivity contribution in [2.24, 2.45) is 5.41 Å². The number of carbonyl (C=O) groups excluding carboxylic acids is 2. The van der Waals surface area contributed by atoms with Crippen LogP contribution in [0.1, 0.15) is 27.2 Å². The molecule has 3 nitrogen and oxygen atoms in total. The molecule has 0 saturated carbocycles. The second kappa shape index (κ2) is 5.89. The lowest BCUT2D eigenvalue weighted by molar-refractivity contribution is -0.122. The lowest BCUT2D eigenvalue weighted by Crippen LogP contribution is -2.23. The number of hydrogen-bond donors (Lipinski definition) is 1. The van der Waals surface area contributed by atoms with Crippen LogP contribution in [0.3, 0.4) is 0 Å². The van der Waals surface area contributed by atoms with Gasteiger partial charge in [0.25, 0.3) is 0 Å². The fourth-order valence-corrected chi connectivity index (χ4v) is 0.570. The highest BCUT2D eigenvalue weighted by Crippen LogP contribution is 2.17. The smallest absolute Gasteiger partial charge is 0.220 e. The zero-order valence-electron chi connectivity index (χ0n) is 7.73. The number of rotatable bonds is 1. The molecule has 0 aliphatic carbocycles. The summed E-state index contributed by atoms with van der Waals surface area (Å²) in [6.45, 7) is 8.13. The third-order valence-electron chi connectivity index (χ3n) is 0.970. The van der Waals surface area contributed by atoms with Crippen LogP contribution in [0.5, 0.6) is 0 Å². The molecule has 3 heteroatoms. The first-order chi connectivity index (χ1) is 4.95. The van der Waals surface area contributed by atoms with Crippen molar-refractivity contribution in [2.75, 3.05) is 7.05 Å². The zero-order valence-corrected chi connectivity index (χ0v) is 7.73. The predicted octanol–water partition coefficient (Wildman–Crippen LogP) is 0.984. The fourth-order valence-electron chi connectivity index (χ4n) is 0.570. The molecule has 0 spiro atoms. The van der Waals surface area contributed by atoms with Crippen LogP contribution in [0.2, 0.25) is 0 Å². The molecule has 0 aliphatic heterocycles. The molecule has 0 aromatic carbocycles. The number of amides is 1. The average Bonchev–Trinajstić information content (AvgIpc) is 1.89. The molecule has 1 N–H and O–H groups in total. The summed E-state index contributed by atoms with van der Waals surface area (Å²) < 4.78 is 0. The Hall–Kier alpha value is -0.860. The van der Waals surface area contributed by atoms with E-state index in [1.165, 1.54) is 0 Å². The van der Waals surface area contributed by atoms with Crippen LogP contribution in [-0.2, 0) is 9.59 Å². The van der Waals surface area contributed by atoms with E-state index in [1.54, 1.807) is 7.05 Å². The largest absolute Gasteiger partial charge is 0.359 e. The van der Waals surface area contributed by atoms with Crippen molar-refractivity contribution in [3.05, 3.63) is 0 Å². The summed E-state index contributed by atoms with van der Waals surface area (Å²) >= 11 is 0. The van der Waals surface area contributed by atoms with Crippen LogP contribution in [0, 0.1) is 5.41 Å². The molecule has 0 bridgehead atoms. The first-order valence-corrected chi connectivity index (χ1v) is 3.45. The van der Waals surface area contributed by atoms with Gasteiger partial charge in [0.05, 0.1) is 0 Å². The maximum atomic E-state index is 10.7. The predicted molar refractivity (Wildman–Crippen MR) is 45.3 cm³/mol. The summed E-state index contributed by atoms with van der Waals surface area (Å²) in [5.74, 6) is 0.113. The van der Waals surface area contributed by atoms with Crippen LogP contribution in [-0.4, -0.2) is 19.7 Å². The Morgan fingerprint density at radius 2 is 1.73 bits per heavy atom. The molecule has 0 radical (unpaired) electrons. The van der Waals surface area contributed by atoms with Crippen LogP contribution in [0.15, 0.2) is 0 Å². The lowest BCUT2D eigenvalue weighted by atomic mass is 9.92. The fraction of sp³-hybridized carbons (Fsp3) is 0.750. The van der Waals surface area contributed by atoms with Crippen molar-refractivity contribution >= 4 is 12.7 Å². The highest BCUT2D eigenvalue weighted by Gasteiger charge is 2.13. The molecule has 0 aromatic rings. The van der Waals surface area contributed by atoms with E-state index in [4.69, 9.17) is 4.79 Å². The number of hydrogen-bond acceptors (Lipinski definition) is 2. The second-order valence-corrected chi connectivity index (χ2v) is 3.41. The maximum absolute atomic E-state index is 10.7. The Morgan fingerprint density at radius 3 is 1.82 bits per heavy atom. The van der Waals surface area contributed by atoms with E-state index in [-0.39, 0.29) is 11.3 Å². The van der Waals surface area contributed by atoms with Gasteiger partial charge in [0.2, 0.25) is 5.91 Å². The Kier molecular flexibility index (Phi) is 6.85. The van der Waals surface area contributed by atoms with Gasteiger partial charge < -0.3 is 10.1 Å². The summed E-state index contributed by atoms with van der Waals surface area (Å²) in [7, 11) is 1.66. The van der Waals surface area contributed by atoms with Gasteiger partial charge in [-0.1, -0.05) is 20.8 Å². The summed E-state index contributed by atoms with van der Waals surface area (Å²) in [5.41, 5.74) is 0.111. The van der Waals surface area contributed by atoms with Crippen molar-refractivity contribution in [2.45, 2.75) is 27.2 Å². The number of nitrogens with one attached hydrogen (secondary N) is 1. The van der Waals surface area contributed by atoms with Crippen molar-refractivity contribution in [3.63, 3.8) is 0 Å². The van der Waals surface area contributed by atoms with Gasteiger partial charge in [0.1, 0.15) is 6.79 Å². The minimum absolute atomic E-state index is 0.111. The van der Waals surface area contributed by atoms with Crippen molar-refractivity contribution in [3.8, 4) is 0 Å². The molecule has 0 rings (SSSR count). The van der Waals surface area contributed by atoms with Gasteiger partial charge in [-0.15, -0.1) is 0 Å². The number of carbonyl (C=O) groups is 2. The van der Waals surface area contributed by atoms with Gasteiger partial charge in [-0.25, -0.2) is 0 Å². The third-order valence-corrected chi connectivity index (χ3v) is 0.970. The van der Waals surface area contributed by atoms with Crippen LogP contribution >= 0.6 is 0 Å². The molecule has 0 aliphatic rings. The van der Waals surface area contributed by atoms with E-state index in [9.17, 15) is 4.79 Å². The van der Waals surface area contributed by atoms with E-state index >= 15 is 0 Å². The Labute approximate surface area is 68.2 Å². The Bertz CT molecular complexity index is 116. The van der Waals surface area contributed by atoms with E-state index in [1.807, 2.05) is 27.6 Å². The zero-order chi connectivity index (χ0) is 9.49. The summed E-state index contributed by atoms with van der Waals surface area (Å²) in [4.78, 5) is 18.7. The molecule has 1 amide bonds. The molecule has 0 atom stereocenters. The van der Waals surface area contributed by atoms with Crippen LogP contribution in [0.4, 0.5) is 0 Å². The van der Waals surface area contributed by atoms with Gasteiger partial charge in [-0.05, 0) is 5.41 Å². The van der Waals surface area contributed by atoms with E-state index in [0.29, 0.717) is 6.42 Å². The SMILES string of the molecule is C=O.CNC(=O)CC(C)(C)C. The topological polar surface area (TPSA) is 46.2 Å². The monoisotopic (exact) mass is 159 g/mol. The highest BCUT2D eigenvalue weighted by molar-refractivity contribution is 5.76. The standard InChI is InChI=1S/C7H15NO.CH2O/c1-7(2,3)5-6(9)8-4;1-2/h5H2,1-4H3,(H,8,9);1H2. The van der Waals surface area contributed by atoms with E-state index in [2.05, 4.69) is 5.32 Å². The van der Waals surface area contributed by atoms with Crippen molar-refractivity contribution < 1.29 is 9.59 Å². The van der Waals surface area contributed by atoms with Gasteiger partial charge >= 0.3 is 0 Å². The van der Waals surface area contributed by atoms with Gasteiger partial charge in [-0.3, -0.25) is 4.79 Å². The van der Waals surface area contributed by atoms with Crippen molar-refractivity contribution in [1.82, 2.24) is 5.32 Å². The third kappa shape index (κ3) is 12.4. The van der Waals surface area contributed by atoms with Crippen LogP contribution < -0.4 is 5.32 Å². The molecule has 0 aromatic heterocycles. The minimum Gasteiger partial charge on any atom is -0.359 e. The van der Waals surface area contributed by atoms with E-state index < -0.39 is 0 Å². The van der Waals surface area contributed by atoms with Crippen molar-refractivity contribution in [1.29, 1.82) is 0 Å². The Balaban J connectivity index is 0. The normalized spacial score (nSPS) is 9.45. The quantitative estimate of drug-likeness (QED) is 0.620. The summed E-state index contributed by atoms with van der Waals surface area (Å²) in [6.07, 6.45) is 0.601. The molecule has 11 heavy (non-hydrogen) atoms. The van der Waals surface area contributed by atoms with Gasteiger partial charge in [0.15, 0.2) is 0 Å². The molecule has 66 valence electrons.